The lowest BCUT2D eigenvalue weighted by atomic mass is 9.86. The third-order valence-corrected chi connectivity index (χ3v) is 5.60. The van der Waals surface area contributed by atoms with Crippen LogP contribution in [0.3, 0.4) is 0 Å². The zero-order valence-electron chi connectivity index (χ0n) is 15.8. The molecule has 1 aromatic rings. The fourth-order valence-corrected chi connectivity index (χ4v) is 3.96. The highest BCUT2D eigenvalue weighted by Crippen LogP contribution is 2.48. The summed E-state index contributed by atoms with van der Waals surface area (Å²) in [6.07, 6.45) is 0.639. The largest absolute Gasteiger partial charge is 0.497 e. The Morgan fingerprint density at radius 3 is 2.42 bits per heavy atom. The average molecular weight is 364 g/mol. The summed E-state index contributed by atoms with van der Waals surface area (Å²) in [6, 6.07) is 7.02. The van der Waals surface area contributed by atoms with E-state index in [-0.39, 0.29) is 31.5 Å². The number of aliphatic carboxylic acids is 1. The Balaban J connectivity index is 2.47. The number of aliphatic hydroxyl groups excluding tert-OH is 1. The molecule has 2 N–H and O–H groups in total. The normalized spacial score (nSPS) is 25.9. The number of rotatable bonds is 7. The van der Waals surface area contributed by atoms with Crippen molar-refractivity contribution < 1.29 is 24.5 Å². The van der Waals surface area contributed by atoms with Crippen LogP contribution < -0.4 is 4.74 Å². The minimum Gasteiger partial charge on any atom is -0.497 e. The van der Waals surface area contributed by atoms with E-state index >= 15 is 0 Å². The van der Waals surface area contributed by atoms with E-state index in [9.17, 15) is 14.7 Å². The van der Waals surface area contributed by atoms with E-state index in [0.717, 1.165) is 5.56 Å². The molecule has 144 valence electrons. The number of hydrogen-bond donors (Lipinski definition) is 2. The molecule has 1 saturated heterocycles. The molecule has 0 unspecified atom stereocenters. The summed E-state index contributed by atoms with van der Waals surface area (Å²) in [7, 11) is 4.99. The maximum Gasteiger partial charge on any atom is 0.324 e. The van der Waals surface area contributed by atoms with Gasteiger partial charge < -0.3 is 19.8 Å². The van der Waals surface area contributed by atoms with Crippen LogP contribution in [0.25, 0.3) is 0 Å². The monoisotopic (exact) mass is 364 g/mol. The third-order valence-electron chi connectivity index (χ3n) is 5.60. The summed E-state index contributed by atoms with van der Waals surface area (Å²) < 4.78 is 5.19. The smallest absolute Gasteiger partial charge is 0.324 e. The van der Waals surface area contributed by atoms with E-state index < -0.39 is 17.4 Å². The van der Waals surface area contributed by atoms with Crippen LogP contribution in [0, 0.1) is 5.92 Å². The van der Waals surface area contributed by atoms with Gasteiger partial charge >= 0.3 is 5.97 Å². The first-order chi connectivity index (χ1) is 12.3. The number of carboxylic acid groups (broad SMARTS) is 1. The summed E-state index contributed by atoms with van der Waals surface area (Å²) in [5.41, 5.74) is -0.217. The first-order valence-electron chi connectivity index (χ1n) is 8.78. The molecule has 0 radical (unpaired) electrons. The van der Waals surface area contributed by atoms with Gasteiger partial charge in [0.2, 0.25) is 5.91 Å². The second kappa shape index (κ2) is 8.05. The lowest BCUT2D eigenvalue weighted by Crippen LogP contribution is -2.48. The van der Waals surface area contributed by atoms with E-state index in [1.54, 1.807) is 21.2 Å². The number of aliphatic hydroxyl groups is 1. The van der Waals surface area contributed by atoms with Crippen molar-refractivity contribution in [1.29, 1.82) is 0 Å². The summed E-state index contributed by atoms with van der Waals surface area (Å²) in [4.78, 5) is 28.4. The number of nitrogens with zero attached hydrogens (tertiary/aromatic N) is 2. The topological polar surface area (TPSA) is 90.3 Å². The second-order valence-electron chi connectivity index (χ2n) is 6.81. The van der Waals surface area contributed by atoms with Gasteiger partial charge in [-0.2, -0.15) is 0 Å². The number of carbonyl (C=O) groups excluding carboxylic acids is 1. The molecule has 3 atom stereocenters. The highest BCUT2D eigenvalue weighted by atomic mass is 16.5. The van der Waals surface area contributed by atoms with Crippen molar-refractivity contribution in [2.24, 2.45) is 5.92 Å². The molecule has 7 nitrogen and oxygen atoms in total. The van der Waals surface area contributed by atoms with Gasteiger partial charge in [-0.1, -0.05) is 19.1 Å². The van der Waals surface area contributed by atoms with Gasteiger partial charge in [0, 0.05) is 19.6 Å². The number of likely N-dealkylation sites (tertiary alicyclic amines) is 1. The SMILES string of the molecule is CC[C@]1(C(=O)O)C[C@@H](C(=O)N(C)CCO)[C@@H](c2ccc(OC)cc2)N1C. The number of carboxylic acids is 1. The van der Waals surface area contributed by atoms with Crippen LogP contribution in [0.15, 0.2) is 24.3 Å². The molecule has 7 heteroatoms. The molecule has 1 aliphatic rings. The van der Waals surface area contributed by atoms with Gasteiger partial charge in [0.1, 0.15) is 11.3 Å². The average Bonchev–Trinajstić information content (AvgIpc) is 2.95. The number of ether oxygens (including phenoxy) is 1. The molecule has 0 bridgehead atoms. The number of hydrogen-bond acceptors (Lipinski definition) is 5. The van der Waals surface area contributed by atoms with Gasteiger partial charge in [-0.3, -0.25) is 14.5 Å². The van der Waals surface area contributed by atoms with Gasteiger partial charge in [-0.15, -0.1) is 0 Å². The van der Waals surface area contributed by atoms with Gasteiger partial charge in [0.25, 0.3) is 0 Å². The van der Waals surface area contributed by atoms with Gasteiger partial charge in [0.15, 0.2) is 0 Å². The van der Waals surface area contributed by atoms with E-state index in [4.69, 9.17) is 9.84 Å². The molecular formula is C19H28N2O5. The Bertz CT molecular complexity index is 648. The van der Waals surface area contributed by atoms with Crippen LogP contribution in [-0.4, -0.2) is 71.8 Å². The first-order valence-corrected chi connectivity index (χ1v) is 8.78. The molecule has 0 aromatic heterocycles. The van der Waals surface area contributed by atoms with Crippen molar-refractivity contribution in [2.75, 3.05) is 34.4 Å². The van der Waals surface area contributed by atoms with Gasteiger partial charge in [-0.25, -0.2) is 0 Å². The summed E-state index contributed by atoms with van der Waals surface area (Å²) in [6.45, 7) is 1.93. The Morgan fingerprint density at radius 2 is 1.96 bits per heavy atom. The minimum atomic E-state index is -1.09. The molecule has 1 heterocycles. The number of benzene rings is 1. The molecular weight excluding hydrogens is 336 g/mol. The van der Waals surface area contributed by atoms with Crippen LogP contribution in [-0.2, 0) is 9.59 Å². The number of carbonyl (C=O) groups is 2. The van der Waals surface area contributed by atoms with Crippen molar-refractivity contribution in [3.63, 3.8) is 0 Å². The molecule has 1 fully saturated rings. The van der Waals surface area contributed by atoms with E-state index in [2.05, 4.69) is 0 Å². The summed E-state index contributed by atoms with van der Waals surface area (Å²) in [5.74, 6) is -0.861. The molecule has 0 saturated carbocycles. The van der Waals surface area contributed by atoms with E-state index in [1.807, 2.05) is 36.1 Å². The van der Waals surface area contributed by atoms with Crippen LogP contribution in [0.5, 0.6) is 5.75 Å². The summed E-state index contributed by atoms with van der Waals surface area (Å²) >= 11 is 0. The Labute approximate surface area is 154 Å². The molecule has 0 aliphatic carbocycles. The molecule has 2 rings (SSSR count). The first kappa shape index (κ1) is 20.2. The highest BCUT2D eigenvalue weighted by Gasteiger charge is 2.56. The van der Waals surface area contributed by atoms with Crippen molar-refractivity contribution in [3.8, 4) is 5.75 Å². The third kappa shape index (κ3) is 3.41. The molecule has 0 spiro atoms. The lowest BCUT2D eigenvalue weighted by molar-refractivity contribution is -0.150. The van der Waals surface area contributed by atoms with Gasteiger partial charge in [0.05, 0.1) is 19.6 Å². The fourth-order valence-electron chi connectivity index (χ4n) is 3.96. The van der Waals surface area contributed by atoms with Crippen LogP contribution in [0.1, 0.15) is 31.4 Å². The Hall–Kier alpha value is -2.12. The van der Waals surface area contributed by atoms with Crippen molar-refractivity contribution in [3.05, 3.63) is 29.8 Å². The standard InChI is InChI=1S/C19H28N2O5/c1-5-19(18(24)25)12-15(17(23)20(2)10-11-22)16(21(19)3)13-6-8-14(26-4)9-7-13/h6-9,15-16,22H,5,10-12H2,1-4H3,(H,24,25)/t15-,16-,19-/m1/s1. The van der Waals surface area contributed by atoms with Crippen molar-refractivity contribution >= 4 is 11.9 Å². The Kier molecular flexibility index (Phi) is 6.26. The minimum absolute atomic E-state index is 0.129. The fraction of sp³-hybridized carbons (Fsp3) is 0.579. The molecule has 1 aliphatic heterocycles. The lowest BCUT2D eigenvalue weighted by Gasteiger charge is -2.34. The predicted molar refractivity (Wildman–Crippen MR) is 97.0 cm³/mol. The van der Waals surface area contributed by atoms with Crippen molar-refractivity contribution in [1.82, 2.24) is 9.80 Å². The second-order valence-corrected chi connectivity index (χ2v) is 6.81. The van der Waals surface area contributed by atoms with E-state index in [0.29, 0.717) is 12.2 Å². The number of methoxy groups -OCH3 is 1. The maximum absolute atomic E-state index is 13.0. The highest BCUT2D eigenvalue weighted by molar-refractivity contribution is 5.85. The van der Waals surface area contributed by atoms with E-state index in [1.165, 1.54) is 4.90 Å². The Morgan fingerprint density at radius 1 is 1.35 bits per heavy atom. The number of likely N-dealkylation sites (N-methyl/N-ethyl adjacent to an activating group) is 2. The maximum atomic E-state index is 13.0. The number of amides is 1. The molecule has 1 amide bonds. The molecule has 26 heavy (non-hydrogen) atoms. The zero-order valence-corrected chi connectivity index (χ0v) is 15.8. The summed E-state index contributed by atoms with van der Waals surface area (Å²) in [5, 5.41) is 19.0. The van der Waals surface area contributed by atoms with Gasteiger partial charge in [-0.05, 0) is 37.6 Å². The molecule has 1 aromatic carbocycles. The van der Waals surface area contributed by atoms with Crippen LogP contribution in [0.4, 0.5) is 0 Å². The van der Waals surface area contributed by atoms with Crippen LogP contribution >= 0.6 is 0 Å². The predicted octanol–water partition coefficient (Wildman–Crippen LogP) is 1.37. The zero-order chi connectivity index (χ0) is 19.5. The van der Waals surface area contributed by atoms with Crippen molar-refractivity contribution in [2.45, 2.75) is 31.3 Å². The quantitative estimate of drug-likeness (QED) is 0.760. The van der Waals surface area contributed by atoms with Crippen LogP contribution in [0.2, 0.25) is 0 Å².